The van der Waals surface area contributed by atoms with Crippen molar-refractivity contribution in [3.8, 4) is 0 Å². The minimum absolute atomic E-state index is 0.393. The predicted octanol–water partition coefficient (Wildman–Crippen LogP) is 1.82. The van der Waals surface area contributed by atoms with Crippen LogP contribution in [0.4, 0.5) is 0 Å². The summed E-state index contributed by atoms with van der Waals surface area (Å²) in [4.78, 5) is 0. The molecule has 1 unspecified atom stereocenters. The molecule has 1 heterocycles. The zero-order chi connectivity index (χ0) is 10.4. The minimum Gasteiger partial charge on any atom is -0.309 e. The number of aromatic nitrogens is 2. The van der Waals surface area contributed by atoms with Crippen LogP contribution in [0.1, 0.15) is 25.1 Å². The Morgan fingerprint density at radius 1 is 1.64 bits per heavy atom. The Hall–Kier alpha value is -0.480. The Bertz CT molecular complexity index is 260. The highest BCUT2D eigenvalue weighted by molar-refractivity contribution is 7.98. The highest BCUT2D eigenvalue weighted by atomic mass is 32.2. The van der Waals surface area contributed by atoms with Gasteiger partial charge >= 0.3 is 0 Å². The standard InChI is InChI=1S/C10H19N3S/c1-9(11-6-4-8-14-3)10-5-7-12-13(10)2/h5,7,9,11H,4,6,8H2,1-3H3. The van der Waals surface area contributed by atoms with Crippen LogP contribution in [0, 0.1) is 0 Å². The second-order valence-corrected chi connectivity index (χ2v) is 4.39. The van der Waals surface area contributed by atoms with Crippen LogP contribution in [-0.4, -0.2) is 28.3 Å². The first-order valence-electron chi connectivity index (χ1n) is 4.96. The molecule has 1 rings (SSSR count). The van der Waals surface area contributed by atoms with E-state index in [0.29, 0.717) is 6.04 Å². The summed E-state index contributed by atoms with van der Waals surface area (Å²) in [7, 11) is 1.98. The average Bonchev–Trinajstić information content (AvgIpc) is 2.59. The Morgan fingerprint density at radius 3 is 3.00 bits per heavy atom. The van der Waals surface area contributed by atoms with Crippen LogP contribution in [0.2, 0.25) is 0 Å². The van der Waals surface area contributed by atoms with E-state index in [2.05, 4.69) is 29.7 Å². The zero-order valence-electron chi connectivity index (χ0n) is 9.16. The third-order valence-corrected chi connectivity index (χ3v) is 2.98. The van der Waals surface area contributed by atoms with E-state index >= 15 is 0 Å². The molecule has 1 atom stereocenters. The maximum absolute atomic E-state index is 4.15. The Morgan fingerprint density at radius 2 is 2.43 bits per heavy atom. The lowest BCUT2D eigenvalue weighted by atomic mass is 10.2. The van der Waals surface area contributed by atoms with Crippen molar-refractivity contribution in [2.45, 2.75) is 19.4 Å². The smallest absolute Gasteiger partial charge is 0.0547 e. The Labute approximate surface area is 90.3 Å². The first kappa shape index (κ1) is 11.6. The van der Waals surface area contributed by atoms with E-state index in [1.54, 1.807) is 0 Å². The molecule has 0 aliphatic carbocycles. The number of nitrogens with one attached hydrogen (secondary N) is 1. The predicted molar refractivity (Wildman–Crippen MR) is 62.6 cm³/mol. The lowest BCUT2D eigenvalue weighted by Gasteiger charge is -2.13. The van der Waals surface area contributed by atoms with E-state index in [0.717, 1.165) is 6.54 Å². The van der Waals surface area contributed by atoms with Crippen molar-refractivity contribution >= 4 is 11.8 Å². The second-order valence-electron chi connectivity index (χ2n) is 3.40. The largest absolute Gasteiger partial charge is 0.309 e. The summed E-state index contributed by atoms with van der Waals surface area (Å²) in [5.74, 6) is 1.23. The molecular weight excluding hydrogens is 194 g/mol. The van der Waals surface area contributed by atoms with E-state index < -0.39 is 0 Å². The van der Waals surface area contributed by atoms with Crippen LogP contribution < -0.4 is 5.32 Å². The third kappa shape index (κ3) is 3.35. The molecule has 0 spiro atoms. The van der Waals surface area contributed by atoms with Gasteiger partial charge in [0.2, 0.25) is 0 Å². The van der Waals surface area contributed by atoms with Crippen LogP contribution in [0.5, 0.6) is 0 Å². The summed E-state index contributed by atoms with van der Waals surface area (Å²) in [6, 6.07) is 2.45. The van der Waals surface area contributed by atoms with Gasteiger partial charge in [0.25, 0.3) is 0 Å². The van der Waals surface area contributed by atoms with E-state index in [1.807, 2.05) is 29.7 Å². The molecule has 0 aliphatic rings. The molecule has 80 valence electrons. The van der Waals surface area contributed by atoms with Gasteiger partial charge < -0.3 is 5.32 Å². The number of hydrogen-bond donors (Lipinski definition) is 1. The van der Waals surface area contributed by atoms with E-state index in [-0.39, 0.29) is 0 Å². The van der Waals surface area contributed by atoms with Crippen molar-refractivity contribution in [2.75, 3.05) is 18.6 Å². The fourth-order valence-electron chi connectivity index (χ4n) is 1.45. The molecule has 14 heavy (non-hydrogen) atoms. The van der Waals surface area contributed by atoms with Gasteiger partial charge in [-0.05, 0) is 38.0 Å². The SMILES string of the molecule is CSCCCNC(C)c1ccnn1C. The van der Waals surface area contributed by atoms with E-state index in [9.17, 15) is 0 Å². The molecule has 1 N–H and O–H groups in total. The molecule has 0 aromatic carbocycles. The molecule has 0 fully saturated rings. The van der Waals surface area contributed by atoms with Crippen molar-refractivity contribution in [3.05, 3.63) is 18.0 Å². The first-order chi connectivity index (χ1) is 6.75. The third-order valence-electron chi connectivity index (χ3n) is 2.28. The van der Waals surface area contributed by atoms with Crippen molar-refractivity contribution in [2.24, 2.45) is 7.05 Å². The van der Waals surface area contributed by atoms with Crippen LogP contribution in [0.25, 0.3) is 0 Å². The van der Waals surface area contributed by atoms with Gasteiger partial charge in [0.1, 0.15) is 0 Å². The first-order valence-corrected chi connectivity index (χ1v) is 6.35. The molecule has 4 heteroatoms. The summed E-state index contributed by atoms with van der Waals surface area (Å²) in [5, 5.41) is 7.64. The molecule has 3 nitrogen and oxygen atoms in total. The summed E-state index contributed by atoms with van der Waals surface area (Å²) in [5.41, 5.74) is 1.24. The topological polar surface area (TPSA) is 29.9 Å². The lowest BCUT2D eigenvalue weighted by Crippen LogP contribution is -2.22. The van der Waals surface area contributed by atoms with Gasteiger partial charge in [-0.2, -0.15) is 16.9 Å². The molecule has 0 bridgehead atoms. The van der Waals surface area contributed by atoms with Crippen LogP contribution in [0.15, 0.2) is 12.3 Å². The quantitative estimate of drug-likeness (QED) is 0.731. The van der Waals surface area contributed by atoms with Gasteiger partial charge in [-0.25, -0.2) is 0 Å². The van der Waals surface area contributed by atoms with Gasteiger partial charge in [-0.15, -0.1) is 0 Å². The monoisotopic (exact) mass is 213 g/mol. The van der Waals surface area contributed by atoms with Crippen LogP contribution in [-0.2, 0) is 7.05 Å². The van der Waals surface area contributed by atoms with Gasteiger partial charge in [-0.1, -0.05) is 0 Å². The Balaban J connectivity index is 2.28. The molecule has 0 amide bonds. The summed E-state index contributed by atoms with van der Waals surface area (Å²) >= 11 is 1.90. The molecule has 0 saturated heterocycles. The van der Waals surface area contributed by atoms with Gasteiger partial charge in [0, 0.05) is 19.3 Å². The maximum atomic E-state index is 4.15. The number of rotatable bonds is 6. The van der Waals surface area contributed by atoms with E-state index in [1.165, 1.54) is 17.9 Å². The molecular formula is C10H19N3S. The van der Waals surface area contributed by atoms with Crippen LogP contribution in [0.3, 0.4) is 0 Å². The number of thioether (sulfide) groups is 1. The fourth-order valence-corrected chi connectivity index (χ4v) is 1.88. The second kappa shape index (κ2) is 6.09. The molecule has 1 aromatic heterocycles. The van der Waals surface area contributed by atoms with Gasteiger partial charge in [0.15, 0.2) is 0 Å². The average molecular weight is 213 g/mol. The number of aryl methyl sites for hydroxylation is 1. The zero-order valence-corrected chi connectivity index (χ0v) is 9.97. The fraction of sp³-hybridized carbons (Fsp3) is 0.700. The normalized spacial score (nSPS) is 13.1. The minimum atomic E-state index is 0.393. The molecule has 0 radical (unpaired) electrons. The molecule has 0 aliphatic heterocycles. The summed E-state index contributed by atoms with van der Waals surface area (Å²) in [6.45, 7) is 3.25. The summed E-state index contributed by atoms with van der Waals surface area (Å²) in [6.07, 6.45) is 5.21. The van der Waals surface area contributed by atoms with Gasteiger partial charge in [-0.3, -0.25) is 4.68 Å². The maximum Gasteiger partial charge on any atom is 0.0547 e. The van der Waals surface area contributed by atoms with E-state index in [4.69, 9.17) is 0 Å². The summed E-state index contributed by atoms with van der Waals surface area (Å²) < 4.78 is 1.92. The van der Waals surface area contributed by atoms with Crippen molar-refractivity contribution in [3.63, 3.8) is 0 Å². The molecule has 1 aromatic rings. The lowest BCUT2D eigenvalue weighted by molar-refractivity contribution is 0.530. The number of nitrogens with zero attached hydrogens (tertiary/aromatic N) is 2. The number of hydrogen-bond acceptors (Lipinski definition) is 3. The van der Waals surface area contributed by atoms with Crippen molar-refractivity contribution in [1.82, 2.24) is 15.1 Å². The molecule has 0 saturated carbocycles. The Kier molecular flexibility index (Phi) is 5.04. The highest BCUT2D eigenvalue weighted by Gasteiger charge is 2.07. The van der Waals surface area contributed by atoms with Crippen LogP contribution >= 0.6 is 11.8 Å². The van der Waals surface area contributed by atoms with Crippen molar-refractivity contribution in [1.29, 1.82) is 0 Å². The van der Waals surface area contributed by atoms with Gasteiger partial charge in [0.05, 0.1) is 5.69 Å². The van der Waals surface area contributed by atoms with Crippen molar-refractivity contribution < 1.29 is 0 Å². The highest BCUT2D eigenvalue weighted by Crippen LogP contribution is 2.09.